The molecular weight excluding hydrogens is 316 g/mol. The van der Waals surface area contributed by atoms with E-state index in [1.54, 1.807) is 12.1 Å². The summed E-state index contributed by atoms with van der Waals surface area (Å²) in [5.74, 6) is -0.375. The molecule has 0 atom stereocenters. The van der Waals surface area contributed by atoms with Gasteiger partial charge < -0.3 is 14.6 Å². The Labute approximate surface area is 130 Å². The molecule has 0 saturated heterocycles. The Morgan fingerprint density at radius 1 is 1.19 bits per heavy atom. The number of aromatic carboxylic acids is 1. The van der Waals surface area contributed by atoms with E-state index in [-0.39, 0.29) is 10.6 Å². The lowest BCUT2D eigenvalue weighted by Crippen LogP contribution is -1.98. The van der Waals surface area contributed by atoms with E-state index in [1.165, 1.54) is 38.1 Å². The van der Waals surface area contributed by atoms with Crippen LogP contribution in [0.25, 0.3) is 0 Å². The number of ether oxygens (including phenoxy) is 2. The van der Waals surface area contributed by atoms with Crippen LogP contribution in [-0.2, 0) is 0 Å². The maximum Gasteiger partial charge on any atom is 0.337 e. The number of benzene rings is 1. The SMILES string of the molecule is COc1cc(OC)nc(Sc2ccc(Cl)c(C(=O)O)c2)n1. The molecular formula is C13H11ClN2O4S. The highest BCUT2D eigenvalue weighted by atomic mass is 35.5. The zero-order chi connectivity index (χ0) is 15.4. The minimum absolute atomic E-state index is 0.0246. The van der Waals surface area contributed by atoms with Gasteiger partial charge in [0, 0.05) is 4.90 Å². The molecule has 8 heteroatoms. The summed E-state index contributed by atoms with van der Waals surface area (Å²) in [4.78, 5) is 20.0. The van der Waals surface area contributed by atoms with Crippen LogP contribution in [0.2, 0.25) is 5.02 Å². The van der Waals surface area contributed by atoms with Gasteiger partial charge in [-0.25, -0.2) is 4.79 Å². The summed E-state index contributed by atoms with van der Waals surface area (Å²) in [6.07, 6.45) is 0. The molecule has 2 rings (SSSR count). The zero-order valence-corrected chi connectivity index (χ0v) is 12.7. The van der Waals surface area contributed by atoms with Gasteiger partial charge in [0.2, 0.25) is 11.8 Å². The maximum atomic E-state index is 11.1. The molecule has 0 aliphatic rings. The van der Waals surface area contributed by atoms with Crippen molar-refractivity contribution in [3.8, 4) is 11.8 Å². The maximum absolute atomic E-state index is 11.1. The summed E-state index contributed by atoms with van der Waals surface area (Å²) < 4.78 is 10.1. The number of nitrogens with zero attached hydrogens (tertiary/aromatic N) is 2. The Kier molecular flexibility index (Phi) is 4.87. The van der Waals surface area contributed by atoms with Crippen molar-refractivity contribution in [2.45, 2.75) is 10.1 Å². The van der Waals surface area contributed by atoms with Crippen LogP contribution >= 0.6 is 23.4 Å². The Morgan fingerprint density at radius 3 is 2.33 bits per heavy atom. The van der Waals surface area contributed by atoms with Crippen molar-refractivity contribution in [1.82, 2.24) is 9.97 Å². The number of hydrogen-bond acceptors (Lipinski definition) is 6. The van der Waals surface area contributed by atoms with Gasteiger partial charge in [-0.15, -0.1) is 0 Å². The van der Waals surface area contributed by atoms with Crippen LogP contribution in [0, 0.1) is 0 Å². The van der Waals surface area contributed by atoms with Crippen molar-refractivity contribution in [3.63, 3.8) is 0 Å². The second-order valence-electron chi connectivity index (χ2n) is 3.78. The fraction of sp³-hybridized carbons (Fsp3) is 0.154. The first-order chi connectivity index (χ1) is 10.0. The van der Waals surface area contributed by atoms with E-state index in [2.05, 4.69) is 9.97 Å². The third-order valence-electron chi connectivity index (χ3n) is 2.45. The minimum Gasteiger partial charge on any atom is -0.481 e. The van der Waals surface area contributed by atoms with Gasteiger partial charge in [-0.2, -0.15) is 9.97 Å². The van der Waals surface area contributed by atoms with Gasteiger partial charge >= 0.3 is 5.97 Å². The Bertz CT molecular complexity index is 659. The number of rotatable bonds is 5. The summed E-state index contributed by atoms with van der Waals surface area (Å²) >= 11 is 7.01. The van der Waals surface area contributed by atoms with E-state index in [0.717, 1.165) is 0 Å². The number of methoxy groups -OCH3 is 2. The topological polar surface area (TPSA) is 81.5 Å². The van der Waals surface area contributed by atoms with Crippen LogP contribution in [0.1, 0.15) is 10.4 Å². The number of aromatic nitrogens is 2. The highest BCUT2D eigenvalue weighted by Gasteiger charge is 2.12. The number of carboxylic acids is 1. The summed E-state index contributed by atoms with van der Waals surface area (Å²) in [7, 11) is 2.97. The van der Waals surface area contributed by atoms with Crippen molar-refractivity contribution in [2.24, 2.45) is 0 Å². The molecule has 1 heterocycles. The van der Waals surface area contributed by atoms with Gasteiger partial charge in [-0.3, -0.25) is 0 Å². The third kappa shape index (κ3) is 3.77. The predicted octanol–water partition coefficient (Wildman–Crippen LogP) is 3.00. The highest BCUT2D eigenvalue weighted by molar-refractivity contribution is 7.99. The van der Waals surface area contributed by atoms with Crippen LogP contribution in [0.5, 0.6) is 11.8 Å². The summed E-state index contributed by atoms with van der Waals surface area (Å²) in [5.41, 5.74) is 0.0246. The number of carboxylic acid groups (broad SMARTS) is 1. The van der Waals surface area contributed by atoms with Gasteiger partial charge in [0.15, 0.2) is 5.16 Å². The monoisotopic (exact) mass is 326 g/mol. The zero-order valence-electron chi connectivity index (χ0n) is 11.2. The average Bonchev–Trinajstić information content (AvgIpc) is 2.48. The number of halogens is 1. The summed E-state index contributed by atoms with van der Waals surface area (Å²) in [5, 5.41) is 9.61. The average molecular weight is 327 g/mol. The molecule has 110 valence electrons. The molecule has 0 amide bonds. The van der Waals surface area contributed by atoms with Crippen LogP contribution in [0.15, 0.2) is 34.3 Å². The van der Waals surface area contributed by atoms with Crippen LogP contribution < -0.4 is 9.47 Å². The molecule has 6 nitrogen and oxygen atoms in total. The van der Waals surface area contributed by atoms with Crippen LogP contribution in [-0.4, -0.2) is 35.3 Å². The van der Waals surface area contributed by atoms with Gasteiger partial charge in [-0.05, 0) is 30.0 Å². The minimum atomic E-state index is -1.09. The van der Waals surface area contributed by atoms with Crippen LogP contribution in [0.4, 0.5) is 0 Å². The van der Waals surface area contributed by atoms with E-state index in [0.29, 0.717) is 21.8 Å². The Morgan fingerprint density at radius 2 is 1.81 bits per heavy atom. The summed E-state index contributed by atoms with van der Waals surface area (Å²) in [6.45, 7) is 0. The molecule has 1 aromatic carbocycles. The molecule has 0 spiro atoms. The first-order valence-electron chi connectivity index (χ1n) is 5.71. The van der Waals surface area contributed by atoms with Gasteiger partial charge in [-0.1, -0.05) is 11.6 Å². The second-order valence-corrected chi connectivity index (χ2v) is 5.23. The van der Waals surface area contributed by atoms with E-state index in [9.17, 15) is 4.79 Å². The molecule has 0 unspecified atom stereocenters. The third-order valence-corrected chi connectivity index (χ3v) is 3.64. The lowest BCUT2D eigenvalue weighted by atomic mass is 10.2. The van der Waals surface area contributed by atoms with E-state index >= 15 is 0 Å². The highest BCUT2D eigenvalue weighted by Crippen LogP contribution is 2.30. The Hall–Kier alpha value is -1.99. The van der Waals surface area contributed by atoms with E-state index in [4.69, 9.17) is 26.2 Å². The predicted molar refractivity (Wildman–Crippen MR) is 77.7 cm³/mol. The number of carbonyl (C=O) groups is 1. The molecule has 1 N–H and O–H groups in total. The lowest BCUT2D eigenvalue weighted by molar-refractivity contribution is 0.0697. The van der Waals surface area contributed by atoms with Crippen molar-refractivity contribution >= 4 is 29.3 Å². The standard InChI is InChI=1S/C13H11ClN2O4S/c1-19-10-6-11(20-2)16-13(15-10)21-7-3-4-9(14)8(5-7)12(17)18/h3-6H,1-2H3,(H,17,18). The molecule has 0 aliphatic carbocycles. The molecule has 0 fully saturated rings. The van der Waals surface area contributed by atoms with E-state index in [1.807, 2.05) is 0 Å². The van der Waals surface area contributed by atoms with Crippen molar-refractivity contribution in [1.29, 1.82) is 0 Å². The van der Waals surface area contributed by atoms with Gasteiger partial charge in [0.05, 0.1) is 30.9 Å². The van der Waals surface area contributed by atoms with Crippen LogP contribution in [0.3, 0.4) is 0 Å². The van der Waals surface area contributed by atoms with E-state index < -0.39 is 5.97 Å². The van der Waals surface area contributed by atoms with Crippen molar-refractivity contribution in [3.05, 3.63) is 34.9 Å². The van der Waals surface area contributed by atoms with Crippen molar-refractivity contribution in [2.75, 3.05) is 14.2 Å². The largest absolute Gasteiger partial charge is 0.481 e. The summed E-state index contributed by atoms with van der Waals surface area (Å²) in [6, 6.07) is 6.22. The molecule has 0 aliphatic heterocycles. The Balaban J connectivity index is 2.33. The smallest absolute Gasteiger partial charge is 0.337 e. The number of hydrogen-bond donors (Lipinski definition) is 1. The normalized spacial score (nSPS) is 10.2. The quantitative estimate of drug-likeness (QED) is 0.846. The molecule has 1 aromatic heterocycles. The van der Waals surface area contributed by atoms with Crippen molar-refractivity contribution < 1.29 is 19.4 Å². The fourth-order valence-electron chi connectivity index (χ4n) is 1.48. The molecule has 2 aromatic rings. The molecule has 0 saturated carbocycles. The second kappa shape index (κ2) is 6.64. The first-order valence-corrected chi connectivity index (χ1v) is 6.90. The fourth-order valence-corrected chi connectivity index (χ4v) is 2.47. The van der Waals surface area contributed by atoms with Gasteiger partial charge in [0.25, 0.3) is 0 Å². The lowest BCUT2D eigenvalue weighted by Gasteiger charge is -2.07. The molecule has 0 radical (unpaired) electrons. The van der Waals surface area contributed by atoms with Gasteiger partial charge in [0.1, 0.15) is 0 Å². The molecule has 0 bridgehead atoms. The first kappa shape index (κ1) is 15.4. The molecule has 21 heavy (non-hydrogen) atoms.